The topological polar surface area (TPSA) is 270 Å². The zero-order valence-corrected chi connectivity index (χ0v) is 63.8. The molecule has 12 amide bonds. The second-order valence-electron chi connectivity index (χ2n) is 31.0. The zero-order valence-electron chi connectivity index (χ0n) is 63.1. The number of nitrogens with one attached hydrogen (secondary N) is 3. The molecule has 24 nitrogen and oxygen atoms in total. The molecule has 1 aromatic carbocycles. The van der Waals surface area contributed by atoms with Crippen molar-refractivity contribution in [3.63, 3.8) is 0 Å². The van der Waals surface area contributed by atoms with Gasteiger partial charge in [0, 0.05) is 55.9 Å². The van der Waals surface area contributed by atoms with Crippen LogP contribution in [0.15, 0.2) is 18.2 Å². The Labute approximate surface area is 624 Å². The normalized spacial score (nSPS) is 27.5. The van der Waals surface area contributed by atoms with Crippen LogP contribution >= 0.6 is 11.6 Å². The van der Waals surface area contributed by atoms with Gasteiger partial charge in [-0.05, 0) is 106 Å². The summed E-state index contributed by atoms with van der Waals surface area (Å²) in [6, 6.07) is -8.11. The molecule has 3 saturated carbocycles. The van der Waals surface area contributed by atoms with Crippen LogP contribution in [-0.2, 0) is 70.1 Å². The molecule has 1 spiro atoms. The third kappa shape index (κ3) is 20.3. The number of amides is 12. The van der Waals surface area contributed by atoms with Gasteiger partial charge in [-0.1, -0.05) is 116 Å². The summed E-state index contributed by atoms with van der Waals surface area (Å²) in [7, 11) is 8.56. The molecule has 0 radical (unpaired) electrons. The van der Waals surface area contributed by atoms with Gasteiger partial charge in [-0.2, -0.15) is 39.5 Å². The maximum absolute atomic E-state index is 15.8. The van der Waals surface area contributed by atoms with Crippen molar-refractivity contribution in [2.75, 3.05) is 88.6 Å². The van der Waals surface area contributed by atoms with Gasteiger partial charge in [-0.25, -0.2) is 0 Å². The Morgan fingerprint density at radius 2 is 1.19 bits per heavy atom. The number of hydrogen-bond acceptors (Lipinski definition) is 12. The molecule has 7 rings (SSSR count). The van der Waals surface area contributed by atoms with E-state index >= 15 is 41.5 Å². The van der Waals surface area contributed by atoms with Crippen molar-refractivity contribution in [1.82, 2.24) is 60.0 Å². The Balaban J connectivity index is 1.32. The molecule has 1 aromatic rings. The lowest BCUT2D eigenvalue weighted by Gasteiger charge is -2.45. The molecule has 0 aromatic heterocycles. The molecule has 8 atom stereocenters. The van der Waals surface area contributed by atoms with Crippen molar-refractivity contribution < 1.29 is 97.0 Å². The molecule has 3 saturated heterocycles. The second kappa shape index (κ2) is 35.9. The number of aryl methyl sites for hydroxylation is 1. The van der Waals surface area contributed by atoms with E-state index in [1.807, 2.05) is 0 Å². The molecule has 0 bridgehead atoms. The number of nitrogens with zero attached hydrogens (tertiary/aromatic N) is 9. The second-order valence-corrected chi connectivity index (χ2v) is 31.4. The Morgan fingerprint density at radius 1 is 0.617 bits per heavy atom. The van der Waals surface area contributed by atoms with Crippen LogP contribution in [0.2, 0.25) is 5.02 Å². The number of rotatable bonds is 11. The summed E-state index contributed by atoms with van der Waals surface area (Å²) < 4.78 is 133. The summed E-state index contributed by atoms with van der Waals surface area (Å²) >= 11 is 6.13. The first kappa shape index (κ1) is 86.8. The zero-order chi connectivity index (χ0) is 79.7. The smallest absolute Gasteiger partial charge is 0.343 e. The Kier molecular flexibility index (Phi) is 29.1. The molecule has 600 valence electrons. The van der Waals surface area contributed by atoms with Crippen LogP contribution in [0.25, 0.3) is 0 Å². The third-order valence-corrected chi connectivity index (χ3v) is 23.0. The summed E-state index contributed by atoms with van der Waals surface area (Å²) in [5.41, 5.74) is -2.74. The molecule has 3 aliphatic heterocycles. The van der Waals surface area contributed by atoms with Crippen molar-refractivity contribution in [2.45, 2.75) is 241 Å². The Hall–Kier alpha value is -7.48. The molecule has 3 aliphatic carbocycles. The number of carbonyl (C=O) groups excluding carboxylic acids is 12. The number of benzene rings is 1. The highest BCUT2D eigenvalue weighted by Gasteiger charge is 2.75. The van der Waals surface area contributed by atoms with Crippen molar-refractivity contribution in [3.05, 3.63) is 34.3 Å². The largest absolute Gasteiger partial charge is 0.417 e. The van der Waals surface area contributed by atoms with E-state index in [1.165, 1.54) is 45.0 Å². The minimum absolute atomic E-state index is 0.00466. The summed E-state index contributed by atoms with van der Waals surface area (Å²) in [6.45, 7) is -0.00614. The molecule has 1 unspecified atom stereocenters. The van der Waals surface area contributed by atoms with E-state index in [1.54, 1.807) is 27.7 Å². The summed E-state index contributed by atoms with van der Waals surface area (Å²) in [5, 5.41) is 7.65. The van der Waals surface area contributed by atoms with E-state index in [9.17, 15) is 55.5 Å². The Morgan fingerprint density at radius 3 is 1.76 bits per heavy atom. The third-order valence-electron chi connectivity index (χ3n) is 22.7. The maximum Gasteiger partial charge on any atom is 0.417 e. The monoisotopic (exact) mass is 1550 g/mol. The average Bonchev–Trinajstić information content (AvgIpc) is 1.18. The van der Waals surface area contributed by atoms with Gasteiger partial charge in [0.25, 0.3) is 0 Å². The van der Waals surface area contributed by atoms with Crippen molar-refractivity contribution in [1.29, 1.82) is 0 Å². The number of halogens is 10. The summed E-state index contributed by atoms with van der Waals surface area (Å²) in [6.07, 6.45) is 0.704. The first-order valence-electron chi connectivity index (χ1n) is 37.2. The van der Waals surface area contributed by atoms with Crippen LogP contribution in [0.1, 0.15) is 174 Å². The molecule has 107 heavy (non-hydrogen) atoms. The van der Waals surface area contributed by atoms with Crippen molar-refractivity contribution >= 4 is 82.5 Å². The molecule has 6 fully saturated rings. The van der Waals surface area contributed by atoms with Crippen LogP contribution in [0.5, 0.6) is 0 Å². The van der Waals surface area contributed by atoms with E-state index in [0.29, 0.717) is 37.0 Å². The summed E-state index contributed by atoms with van der Waals surface area (Å²) in [4.78, 5) is 187. The van der Waals surface area contributed by atoms with E-state index in [2.05, 4.69) is 16.0 Å². The van der Waals surface area contributed by atoms with Gasteiger partial charge in [0.15, 0.2) is 0 Å². The van der Waals surface area contributed by atoms with Crippen molar-refractivity contribution in [3.8, 4) is 0 Å². The van der Waals surface area contributed by atoms with Gasteiger partial charge >= 0.3 is 23.9 Å². The maximum atomic E-state index is 15.8. The van der Waals surface area contributed by atoms with E-state index in [0.717, 1.165) is 88.9 Å². The molecular weight excluding hydrogens is 1440 g/mol. The lowest BCUT2D eigenvalue weighted by Crippen LogP contribution is -2.70. The number of piperidine rings is 1. The van der Waals surface area contributed by atoms with Gasteiger partial charge in [-0.3, -0.25) is 57.5 Å². The number of likely N-dealkylation sites (N-methyl/N-ethyl adjacent to an activating group) is 7. The summed E-state index contributed by atoms with van der Waals surface area (Å²) in [5.74, 6) is -30.5. The SMILES string of the molecule is CC[C@H](C)[C@@H]1NC(=O)[C@H](CC(C)C)N(C)C(=O)C[C@@H](C(=O)N2CC(F)(F)C(F)(F)C(F)(F)C2)N(C)C(=O)[C@H](C2CCCCC2)N(C)C(=O)C2(CCCC2)NC(=O)C2CCCN2C(=O)[C@H](CCc2ccc(C(F)(F)F)c(Cl)c2)NC(=O)CN(C)C(=O)[C@H](CC2CCCCC2)N(C)C(=O)CN(C)C(=O)CN(C)C1=O. The van der Waals surface area contributed by atoms with Crippen LogP contribution in [0, 0.1) is 23.7 Å². The van der Waals surface area contributed by atoms with Gasteiger partial charge < -0.3 is 60.0 Å². The van der Waals surface area contributed by atoms with Crippen LogP contribution < -0.4 is 16.0 Å². The van der Waals surface area contributed by atoms with Gasteiger partial charge in [0.05, 0.1) is 49.7 Å². The molecule has 34 heteroatoms. The number of hydrogen-bond donors (Lipinski definition) is 3. The number of fused-ring (bicyclic) bond motifs is 1. The molecule has 6 aliphatic rings. The van der Waals surface area contributed by atoms with Crippen LogP contribution in [-0.4, -0.2) is 269 Å². The quantitative estimate of drug-likeness (QED) is 0.186. The van der Waals surface area contributed by atoms with E-state index < -0.39 is 210 Å². The standard InChI is InChI=1S/C73H106ClF9N12O12/c1-12-44(4)59-66(105)89(7)39-57(98)87(5)40-58(99)91(9)53(36-45-22-15-13-16-23-45)64(103)88(6)38-55(96)84-50(30-28-46-27-29-48(49(74)35-46)72(79,80)81)63(102)95-33-21-26-51(95)62(101)86-69(31-19-20-32-69)68(107)93(11)60(47-24-17-14-18-25-47)67(106)92(10)54(37-56(97)90(8)52(34-43(2)3)61(100)85-59)65(104)94-41-70(75,76)73(82,83)71(77,78)42-94/h27,29,35,43-45,47,50-54,59-60H,12-26,28,30-34,36-42H2,1-11H3,(H,84,96)(H,85,100)(H,86,101)/t44-,50-,51?,52-,53-,54-,59-,60-/m0/s1. The molecular formula is C73H106ClF9N12O12. The van der Waals surface area contributed by atoms with Crippen molar-refractivity contribution in [2.24, 2.45) is 23.7 Å². The van der Waals surface area contributed by atoms with E-state index in [4.69, 9.17) is 11.6 Å². The average molecular weight is 1550 g/mol. The van der Waals surface area contributed by atoms with Gasteiger partial charge in [0.1, 0.15) is 47.8 Å². The molecule has 3 N–H and O–H groups in total. The fraction of sp³-hybridized carbons (Fsp3) is 0.753. The highest BCUT2D eigenvalue weighted by molar-refractivity contribution is 6.31. The number of alkyl halides is 9. The highest BCUT2D eigenvalue weighted by Crippen LogP contribution is 2.50. The Bertz CT molecular complexity index is 3410. The van der Waals surface area contributed by atoms with Gasteiger partial charge in [0.2, 0.25) is 70.9 Å². The lowest BCUT2D eigenvalue weighted by atomic mass is 9.81. The predicted octanol–water partition coefficient (Wildman–Crippen LogP) is 7.16. The number of carbonyl (C=O) groups is 12. The number of likely N-dealkylation sites (tertiary alicyclic amines) is 1. The first-order chi connectivity index (χ1) is 49.9. The predicted molar refractivity (Wildman–Crippen MR) is 375 cm³/mol. The van der Waals surface area contributed by atoms with Crippen LogP contribution in [0.3, 0.4) is 0 Å². The fourth-order valence-electron chi connectivity index (χ4n) is 15.9. The fourth-order valence-corrected chi connectivity index (χ4v) is 16.2. The van der Waals surface area contributed by atoms with Gasteiger partial charge in [-0.15, -0.1) is 0 Å². The first-order valence-corrected chi connectivity index (χ1v) is 37.6. The minimum atomic E-state index is -5.97. The van der Waals surface area contributed by atoms with Crippen LogP contribution in [0.4, 0.5) is 39.5 Å². The minimum Gasteiger partial charge on any atom is -0.343 e. The van der Waals surface area contributed by atoms with E-state index in [-0.39, 0.29) is 93.6 Å². The molecule has 3 heterocycles. The highest BCUT2D eigenvalue weighted by atomic mass is 35.5. The lowest BCUT2D eigenvalue weighted by molar-refractivity contribution is -0.335.